The average Bonchev–Trinajstić information content (AvgIpc) is 1.88. The molecule has 1 heterocycles. The van der Waals surface area contributed by atoms with Crippen LogP contribution in [0.3, 0.4) is 0 Å². The molecule has 1 aromatic rings. The van der Waals surface area contributed by atoms with Crippen molar-refractivity contribution in [3.8, 4) is 5.75 Å². The zero-order chi connectivity index (χ0) is 7.56. The van der Waals surface area contributed by atoms with Crippen molar-refractivity contribution in [1.82, 2.24) is 4.98 Å². The van der Waals surface area contributed by atoms with Crippen LogP contribution in [-0.2, 0) is 5.88 Å². The van der Waals surface area contributed by atoms with E-state index in [1.54, 1.807) is 12.3 Å². The number of halogens is 3. The van der Waals surface area contributed by atoms with Crippen LogP contribution >= 0.6 is 46.6 Å². The molecule has 0 aliphatic rings. The molecule has 1 N–H and O–H groups in total. The summed E-state index contributed by atoms with van der Waals surface area (Å²) in [6.45, 7) is 0. The molecule has 5 heteroatoms. The third-order valence-corrected chi connectivity index (χ3v) is 1.88. The van der Waals surface area contributed by atoms with Gasteiger partial charge in [0.15, 0.2) is 0 Å². The first-order valence-electron chi connectivity index (χ1n) is 2.63. The Kier molecular flexibility index (Phi) is 5.12. The highest BCUT2D eigenvalue weighted by Gasteiger charge is 1.99. The number of aromatic nitrogens is 1. The van der Waals surface area contributed by atoms with Gasteiger partial charge in [-0.1, -0.05) is 0 Å². The summed E-state index contributed by atoms with van der Waals surface area (Å²) in [6, 6.07) is 1.63. The van der Waals surface area contributed by atoms with Gasteiger partial charge in [0, 0.05) is 9.77 Å². The van der Waals surface area contributed by atoms with E-state index in [1.807, 2.05) is 0 Å². The Morgan fingerprint density at radius 2 is 2.27 bits per heavy atom. The molecular formula is C6H6Cl2INO. The number of pyridine rings is 1. The number of hydrogen-bond donors (Lipinski definition) is 1. The lowest BCUT2D eigenvalue weighted by molar-refractivity contribution is 0.466. The Hall–Kier alpha value is 0.260. The van der Waals surface area contributed by atoms with Crippen LogP contribution in [-0.4, -0.2) is 10.1 Å². The number of nitrogens with zero attached hydrogens (tertiary/aromatic N) is 1. The second-order valence-corrected chi connectivity index (χ2v) is 3.27. The molecule has 0 unspecified atom stereocenters. The maximum absolute atomic E-state index is 9.14. The fourth-order valence-electron chi connectivity index (χ4n) is 0.560. The van der Waals surface area contributed by atoms with Crippen LogP contribution in [0.25, 0.3) is 0 Å². The molecule has 1 aromatic heterocycles. The Bertz CT molecular complexity index is 244. The van der Waals surface area contributed by atoms with E-state index in [0.29, 0.717) is 5.69 Å². The van der Waals surface area contributed by atoms with Gasteiger partial charge >= 0.3 is 0 Å². The van der Waals surface area contributed by atoms with Gasteiger partial charge < -0.3 is 5.11 Å². The molecule has 11 heavy (non-hydrogen) atoms. The van der Waals surface area contributed by atoms with E-state index in [0.717, 1.165) is 3.57 Å². The van der Waals surface area contributed by atoms with E-state index in [2.05, 4.69) is 27.6 Å². The second kappa shape index (κ2) is 5.00. The number of hydrogen-bond acceptors (Lipinski definition) is 2. The van der Waals surface area contributed by atoms with Crippen molar-refractivity contribution in [3.05, 3.63) is 21.5 Å². The Morgan fingerprint density at radius 3 is 2.73 bits per heavy atom. The summed E-state index contributed by atoms with van der Waals surface area (Å²) in [5.74, 6) is 0.421. The number of rotatable bonds is 1. The first kappa shape index (κ1) is 11.3. The SMILES string of the molecule is Cl.Oc1cc(I)cnc1CCl. The summed E-state index contributed by atoms with van der Waals surface area (Å²) < 4.78 is 0.906. The van der Waals surface area contributed by atoms with E-state index < -0.39 is 0 Å². The molecule has 0 aliphatic heterocycles. The lowest BCUT2D eigenvalue weighted by Gasteiger charge is -1.97. The maximum Gasteiger partial charge on any atom is 0.139 e. The highest BCUT2D eigenvalue weighted by molar-refractivity contribution is 14.1. The monoisotopic (exact) mass is 305 g/mol. The third kappa shape index (κ3) is 3.01. The van der Waals surface area contributed by atoms with Crippen LogP contribution < -0.4 is 0 Å². The lowest BCUT2D eigenvalue weighted by Crippen LogP contribution is -1.85. The second-order valence-electron chi connectivity index (χ2n) is 1.75. The van der Waals surface area contributed by atoms with Crippen LogP contribution in [0.5, 0.6) is 5.75 Å². The van der Waals surface area contributed by atoms with Gasteiger partial charge in [0.25, 0.3) is 0 Å². The Balaban J connectivity index is 0.000001000. The van der Waals surface area contributed by atoms with Crippen LogP contribution in [0.2, 0.25) is 0 Å². The van der Waals surface area contributed by atoms with Crippen molar-refractivity contribution in [2.45, 2.75) is 5.88 Å². The smallest absolute Gasteiger partial charge is 0.139 e. The summed E-state index contributed by atoms with van der Waals surface area (Å²) in [7, 11) is 0. The minimum absolute atomic E-state index is 0. The summed E-state index contributed by atoms with van der Waals surface area (Å²) >= 11 is 7.53. The van der Waals surface area contributed by atoms with Crippen molar-refractivity contribution in [1.29, 1.82) is 0 Å². The number of alkyl halides is 1. The maximum atomic E-state index is 9.14. The van der Waals surface area contributed by atoms with Gasteiger partial charge in [-0.15, -0.1) is 24.0 Å². The standard InChI is InChI=1S/C6H5ClINO.ClH/c7-2-5-6(10)1-4(8)3-9-5;/h1,3,10H,2H2;1H. The van der Waals surface area contributed by atoms with Gasteiger partial charge in [0.05, 0.1) is 11.6 Å². The molecular weight excluding hydrogens is 300 g/mol. The van der Waals surface area contributed by atoms with Gasteiger partial charge in [0.2, 0.25) is 0 Å². The van der Waals surface area contributed by atoms with Crippen LogP contribution in [0.4, 0.5) is 0 Å². The fourth-order valence-corrected chi connectivity index (χ4v) is 1.20. The van der Waals surface area contributed by atoms with E-state index in [9.17, 15) is 0 Å². The van der Waals surface area contributed by atoms with Crippen LogP contribution in [0.1, 0.15) is 5.69 Å². The van der Waals surface area contributed by atoms with E-state index in [4.69, 9.17) is 16.7 Å². The average molecular weight is 306 g/mol. The Morgan fingerprint density at radius 1 is 1.64 bits per heavy atom. The zero-order valence-electron chi connectivity index (χ0n) is 5.42. The highest BCUT2D eigenvalue weighted by Crippen LogP contribution is 2.18. The van der Waals surface area contributed by atoms with Crippen molar-refractivity contribution < 1.29 is 5.11 Å². The lowest BCUT2D eigenvalue weighted by atomic mass is 10.3. The van der Waals surface area contributed by atoms with Crippen LogP contribution in [0.15, 0.2) is 12.3 Å². The molecule has 62 valence electrons. The molecule has 0 aromatic carbocycles. The summed E-state index contributed by atoms with van der Waals surface area (Å²) in [4.78, 5) is 3.91. The van der Waals surface area contributed by atoms with Crippen molar-refractivity contribution in [2.24, 2.45) is 0 Å². The molecule has 2 nitrogen and oxygen atoms in total. The minimum Gasteiger partial charge on any atom is -0.506 e. The van der Waals surface area contributed by atoms with Crippen molar-refractivity contribution in [2.75, 3.05) is 0 Å². The van der Waals surface area contributed by atoms with Gasteiger partial charge in [-0.05, 0) is 28.7 Å². The zero-order valence-corrected chi connectivity index (χ0v) is 9.15. The molecule has 0 radical (unpaired) electrons. The Labute approximate surface area is 89.5 Å². The minimum atomic E-state index is 0. The first-order valence-corrected chi connectivity index (χ1v) is 4.24. The summed E-state index contributed by atoms with van der Waals surface area (Å²) in [5.41, 5.74) is 0.530. The quantitative estimate of drug-likeness (QED) is 0.639. The van der Waals surface area contributed by atoms with Crippen LogP contribution in [0, 0.1) is 3.57 Å². The van der Waals surface area contributed by atoms with Crippen molar-refractivity contribution in [3.63, 3.8) is 0 Å². The van der Waals surface area contributed by atoms with Gasteiger partial charge in [-0.25, -0.2) is 0 Å². The molecule has 0 amide bonds. The topological polar surface area (TPSA) is 33.1 Å². The molecule has 0 aliphatic carbocycles. The molecule has 1 rings (SSSR count). The summed E-state index contributed by atoms with van der Waals surface area (Å²) in [5, 5.41) is 9.14. The summed E-state index contributed by atoms with van der Waals surface area (Å²) in [6.07, 6.45) is 1.66. The molecule has 0 atom stereocenters. The van der Waals surface area contributed by atoms with E-state index >= 15 is 0 Å². The fraction of sp³-hybridized carbons (Fsp3) is 0.167. The molecule has 0 fully saturated rings. The molecule has 0 saturated heterocycles. The van der Waals surface area contributed by atoms with Crippen molar-refractivity contribution >= 4 is 46.6 Å². The highest BCUT2D eigenvalue weighted by atomic mass is 127. The van der Waals surface area contributed by atoms with Gasteiger partial charge in [-0.3, -0.25) is 4.98 Å². The molecule has 0 spiro atoms. The normalized spacial score (nSPS) is 8.91. The predicted molar refractivity (Wildman–Crippen MR) is 55.4 cm³/mol. The van der Waals surface area contributed by atoms with E-state index in [1.165, 1.54) is 0 Å². The third-order valence-electron chi connectivity index (χ3n) is 1.04. The largest absolute Gasteiger partial charge is 0.506 e. The van der Waals surface area contributed by atoms with Gasteiger partial charge in [-0.2, -0.15) is 0 Å². The predicted octanol–water partition coefficient (Wildman–Crippen LogP) is 2.55. The molecule has 0 saturated carbocycles. The molecule has 0 bridgehead atoms. The van der Waals surface area contributed by atoms with Gasteiger partial charge in [0.1, 0.15) is 5.75 Å². The first-order chi connectivity index (χ1) is 4.74. The van der Waals surface area contributed by atoms with E-state index in [-0.39, 0.29) is 24.0 Å². The number of aromatic hydroxyl groups is 1.